The van der Waals surface area contributed by atoms with Crippen LogP contribution in [0.1, 0.15) is 26.2 Å². The van der Waals surface area contributed by atoms with E-state index < -0.39 is 5.60 Å². The summed E-state index contributed by atoms with van der Waals surface area (Å²) in [6.07, 6.45) is 2.49. The number of likely N-dealkylation sites (N-methyl/N-ethyl adjacent to an activating group) is 1. The molecule has 0 radical (unpaired) electrons. The molecule has 0 saturated carbocycles. The lowest BCUT2D eigenvalue weighted by Gasteiger charge is -2.29. The van der Waals surface area contributed by atoms with Crippen molar-refractivity contribution in [2.45, 2.75) is 37.8 Å². The molecule has 0 spiro atoms. The molecule has 1 fully saturated rings. The lowest BCUT2D eigenvalue weighted by molar-refractivity contribution is -0.121. The van der Waals surface area contributed by atoms with Crippen LogP contribution in [0.2, 0.25) is 0 Å². The van der Waals surface area contributed by atoms with E-state index in [9.17, 15) is 9.90 Å². The summed E-state index contributed by atoms with van der Waals surface area (Å²) in [5.74, 6) is 0.104. The van der Waals surface area contributed by atoms with Crippen LogP contribution in [0.3, 0.4) is 0 Å². The zero-order valence-corrected chi connectivity index (χ0v) is 11.1. The van der Waals surface area contributed by atoms with Crippen molar-refractivity contribution < 1.29 is 9.90 Å². The minimum Gasteiger partial charge on any atom is -0.388 e. The second kappa shape index (κ2) is 6.33. The van der Waals surface area contributed by atoms with E-state index in [-0.39, 0.29) is 11.9 Å². The monoisotopic (exact) mass is 243 g/mol. The van der Waals surface area contributed by atoms with Crippen LogP contribution in [0, 0.1) is 0 Å². The highest BCUT2D eigenvalue weighted by molar-refractivity contribution is 5.76. The number of rotatable bonds is 5. The van der Waals surface area contributed by atoms with Crippen LogP contribution in [-0.4, -0.2) is 61.3 Å². The fourth-order valence-corrected chi connectivity index (χ4v) is 2.25. The molecule has 5 heteroatoms. The molecule has 1 saturated heterocycles. The quantitative estimate of drug-likeness (QED) is 0.612. The first kappa shape index (κ1) is 14.4. The van der Waals surface area contributed by atoms with Gasteiger partial charge in [-0.3, -0.25) is 4.79 Å². The van der Waals surface area contributed by atoms with E-state index in [4.69, 9.17) is 0 Å². The molecule has 3 N–H and O–H groups in total. The summed E-state index contributed by atoms with van der Waals surface area (Å²) in [4.78, 5) is 13.3. The van der Waals surface area contributed by atoms with Crippen molar-refractivity contribution in [2.75, 3.05) is 33.7 Å². The first-order valence-electron chi connectivity index (χ1n) is 6.26. The molecule has 2 unspecified atom stereocenters. The van der Waals surface area contributed by atoms with Crippen LogP contribution in [0.25, 0.3) is 0 Å². The summed E-state index contributed by atoms with van der Waals surface area (Å²) in [5.41, 5.74) is -0.758. The van der Waals surface area contributed by atoms with Gasteiger partial charge in [0, 0.05) is 32.1 Å². The number of aliphatic hydroxyl groups is 1. The predicted molar refractivity (Wildman–Crippen MR) is 67.8 cm³/mol. The van der Waals surface area contributed by atoms with Crippen LogP contribution < -0.4 is 10.6 Å². The standard InChI is InChI=1S/C12H25N3O2/c1-12(17,9-15(2)3)8-14-10-5-4-6-13-11(16)7-10/h10,14,17H,4-9H2,1-3H3,(H,13,16). The van der Waals surface area contributed by atoms with E-state index in [1.165, 1.54) is 0 Å². The lowest BCUT2D eigenvalue weighted by atomic mass is 10.0. The van der Waals surface area contributed by atoms with Gasteiger partial charge in [-0.25, -0.2) is 0 Å². The lowest BCUT2D eigenvalue weighted by Crippen LogP contribution is -2.48. The van der Waals surface area contributed by atoms with Gasteiger partial charge in [-0.15, -0.1) is 0 Å². The summed E-state index contributed by atoms with van der Waals surface area (Å²) in [6.45, 7) is 3.71. The Morgan fingerprint density at radius 2 is 2.29 bits per heavy atom. The van der Waals surface area contributed by atoms with E-state index >= 15 is 0 Å². The molecular weight excluding hydrogens is 218 g/mol. The molecule has 1 aliphatic rings. The third-order valence-corrected chi connectivity index (χ3v) is 2.91. The Hall–Kier alpha value is -0.650. The molecule has 0 aromatic rings. The summed E-state index contributed by atoms with van der Waals surface area (Å²) in [7, 11) is 3.88. The average molecular weight is 243 g/mol. The van der Waals surface area contributed by atoms with Gasteiger partial charge < -0.3 is 20.6 Å². The van der Waals surface area contributed by atoms with Crippen LogP contribution in [0.5, 0.6) is 0 Å². The molecule has 100 valence electrons. The highest BCUT2D eigenvalue weighted by Crippen LogP contribution is 2.09. The molecule has 2 atom stereocenters. The Kier molecular flexibility index (Phi) is 5.36. The third-order valence-electron chi connectivity index (χ3n) is 2.91. The normalized spacial score (nSPS) is 25.2. The fourth-order valence-electron chi connectivity index (χ4n) is 2.25. The number of hydrogen-bond donors (Lipinski definition) is 3. The van der Waals surface area contributed by atoms with E-state index in [2.05, 4.69) is 10.6 Å². The van der Waals surface area contributed by atoms with Gasteiger partial charge in [0.25, 0.3) is 0 Å². The smallest absolute Gasteiger partial charge is 0.221 e. The zero-order valence-electron chi connectivity index (χ0n) is 11.1. The van der Waals surface area contributed by atoms with Crippen LogP contribution >= 0.6 is 0 Å². The minimum atomic E-state index is -0.758. The summed E-state index contributed by atoms with van der Waals surface area (Å²) in [6, 6.07) is 0.186. The van der Waals surface area contributed by atoms with Gasteiger partial charge in [0.2, 0.25) is 5.91 Å². The van der Waals surface area contributed by atoms with E-state index in [1.54, 1.807) is 0 Å². The van der Waals surface area contributed by atoms with E-state index in [1.807, 2.05) is 25.9 Å². The second-order valence-corrected chi connectivity index (χ2v) is 5.51. The van der Waals surface area contributed by atoms with Crippen molar-refractivity contribution in [1.29, 1.82) is 0 Å². The Balaban J connectivity index is 2.35. The molecule has 5 nitrogen and oxygen atoms in total. The SMILES string of the molecule is CN(C)CC(C)(O)CNC1CCCNC(=O)C1. The molecular formula is C12H25N3O2. The number of amides is 1. The maximum Gasteiger partial charge on any atom is 0.221 e. The van der Waals surface area contributed by atoms with Crippen LogP contribution in [0.15, 0.2) is 0 Å². The van der Waals surface area contributed by atoms with E-state index in [0.717, 1.165) is 19.4 Å². The van der Waals surface area contributed by atoms with Crippen molar-refractivity contribution in [3.05, 3.63) is 0 Å². The highest BCUT2D eigenvalue weighted by Gasteiger charge is 2.24. The van der Waals surface area contributed by atoms with Crippen molar-refractivity contribution >= 4 is 5.91 Å². The summed E-state index contributed by atoms with van der Waals surface area (Å²) < 4.78 is 0. The summed E-state index contributed by atoms with van der Waals surface area (Å²) in [5, 5.41) is 16.3. The second-order valence-electron chi connectivity index (χ2n) is 5.51. The Morgan fingerprint density at radius 1 is 1.59 bits per heavy atom. The van der Waals surface area contributed by atoms with Gasteiger partial charge in [-0.2, -0.15) is 0 Å². The van der Waals surface area contributed by atoms with Crippen molar-refractivity contribution in [3.8, 4) is 0 Å². The predicted octanol–water partition coefficient (Wildman–Crippen LogP) is -0.443. The fraction of sp³-hybridized carbons (Fsp3) is 0.917. The molecule has 1 aliphatic heterocycles. The van der Waals surface area contributed by atoms with Gasteiger partial charge in [-0.05, 0) is 33.9 Å². The van der Waals surface area contributed by atoms with Gasteiger partial charge in [0.15, 0.2) is 0 Å². The average Bonchev–Trinajstić information content (AvgIpc) is 2.38. The largest absolute Gasteiger partial charge is 0.388 e. The van der Waals surface area contributed by atoms with Crippen LogP contribution in [-0.2, 0) is 4.79 Å². The number of nitrogens with zero attached hydrogens (tertiary/aromatic N) is 1. The Morgan fingerprint density at radius 3 is 2.94 bits per heavy atom. The van der Waals surface area contributed by atoms with E-state index in [0.29, 0.717) is 19.5 Å². The first-order valence-corrected chi connectivity index (χ1v) is 6.26. The Labute approximate surface area is 104 Å². The molecule has 1 rings (SSSR count). The minimum absolute atomic E-state index is 0.104. The van der Waals surface area contributed by atoms with Gasteiger partial charge in [-0.1, -0.05) is 0 Å². The molecule has 0 aromatic carbocycles. The van der Waals surface area contributed by atoms with Crippen molar-refractivity contribution in [2.24, 2.45) is 0 Å². The maximum absolute atomic E-state index is 11.4. The third kappa shape index (κ3) is 6.00. The number of carbonyl (C=O) groups is 1. The molecule has 17 heavy (non-hydrogen) atoms. The molecule has 0 bridgehead atoms. The maximum atomic E-state index is 11.4. The molecule has 0 aromatic heterocycles. The molecule has 0 aliphatic carbocycles. The number of hydrogen-bond acceptors (Lipinski definition) is 4. The van der Waals surface area contributed by atoms with Crippen LogP contribution in [0.4, 0.5) is 0 Å². The Bertz CT molecular complexity index is 254. The first-order chi connectivity index (χ1) is 7.89. The molecule has 1 heterocycles. The summed E-state index contributed by atoms with van der Waals surface area (Å²) >= 11 is 0. The number of nitrogens with one attached hydrogen (secondary N) is 2. The topological polar surface area (TPSA) is 64.6 Å². The van der Waals surface area contributed by atoms with Gasteiger partial charge in [0.1, 0.15) is 0 Å². The van der Waals surface area contributed by atoms with Crippen molar-refractivity contribution in [1.82, 2.24) is 15.5 Å². The van der Waals surface area contributed by atoms with Gasteiger partial charge in [0.05, 0.1) is 5.60 Å². The van der Waals surface area contributed by atoms with Gasteiger partial charge >= 0.3 is 0 Å². The zero-order chi connectivity index (χ0) is 12.9. The number of carbonyl (C=O) groups excluding carboxylic acids is 1. The molecule has 1 amide bonds. The highest BCUT2D eigenvalue weighted by atomic mass is 16.3. The van der Waals surface area contributed by atoms with Crippen molar-refractivity contribution in [3.63, 3.8) is 0 Å².